The van der Waals surface area contributed by atoms with Gasteiger partial charge < -0.3 is 9.88 Å². The van der Waals surface area contributed by atoms with E-state index in [1.165, 1.54) is 10.4 Å². The molecule has 8 nitrogen and oxygen atoms in total. The predicted molar refractivity (Wildman–Crippen MR) is 121 cm³/mol. The summed E-state index contributed by atoms with van der Waals surface area (Å²) in [5.74, 6) is 0.554. The number of aromatic amines is 1. The first-order chi connectivity index (χ1) is 14.8. The highest BCUT2D eigenvalue weighted by atomic mass is 16.2. The molecule has 0 aliphatic carbocycles. The van der Waals surface area contributed by atoms with Crippen molar-refractivity contribution >= 4 is 16.9 Å². The Morgan fingerprint density at radius 3 is 2.65 bits per heavy atom. The van der Waals surface area contributed by atoms with E-state index in [0.717, 1.165) is 48.2 Å². The summed E-state index contributed by atoms with van der Waals surface area (Å²) in [5.41, 5.74) is 3.64. The molecule has 1 N–H and O–H groups in total. The van der Waals surface area contributed by atoms with Gasteiger partial charge in [-0.2, -0.15) is 5.10 Å². The molecule has 1 aliphatic rings. The van der Waals surface area contributed by atoms with E-state index < -0.39 is 0 Å². The van der Waals surface area contributed by atoms with Crippen LogP contribution in [0.4, 0.5) is 0 Å². The van der Waals surface area contributed by atoms with Crippen LogP contribution in [0.1, 0.15) is 44.3 Å². The Labute approximate surface area is 181 Å². The minimum absolute atomic E-state index is 0.00359. The summed E-state index contributed by atoms with van der Waals surface area (Å²) in [7, 11) is 3.60. The van der Waals surface area contributed by atoms with Crippen LogP contribution in [0.3, 0.4) is 0 Å². The molecule has 0 atom stereocenters. The van der Waals surface area contributed by atoms with Gasteiger partial charge in [0, 0.05) is 48.9 Å². The number of likely N-dealkylation sites (N-methyl/N-ethyl adjacent to an activating group) is 1. The lowest BCUT2D eigenvalue weighted by atomic mass is 9.93. The highest BCUT2D eigenvalue weighted by Gasteiger charge is 2.24. The summed E-state index contributed by atoms with van der Waals surface area (Å²) < 4.78 is 1.51. The van der Waals surface area contributed by atoms with Gasteiger partial charge in [0.2, 0.25) is 5.91 Å². The number of likely N-dealkylation sites (tertiary alicyclic amines) is 1. The Morgan fingerprint density at radius 2 is 1.97 bits per heavy atom. The first-order valence-corrected chi connectivity index (χ1v) is 10.8. The van der Waals surface area contributed by atoms with E-state index in [0.29, 0.717) is 12.5 Å². The molecule has 0 spiro atoms. The molecular formula is C23H30N6O2. The predicted octanol–water partition coefficient (Wildman–Crippen LogP) is 2.64. The van der Waals surface area contributed by atoms with Crippen LogP contribution in [0.2, 0.25) is 0 Å². The zero-order chi connectivity index (χ0) is 22.1. The second-order valence-corrected chi connectivity index (χ2v) is 8.78. The normalized spacial score (nSPS) is 15.6. The molecule has 0 unspecified atom stereocenters. The number of nitrogens with zero attached hydrogens (tertiary/aromatic N) is 5. The zero-order valence-electron chi connectivity index (χ0n) is 18.6. The van der Waals surface area contributed by atoms with Crippen molar-refractivity contribution in [3.63, 3.8) is 0 Å². The molecule has 0 bridgehead atoms. The number of carbonyl (C=O) groups excluding carboxylic acids is 1. The standard InChI is InChI=1S/C23H30N6O2/c1-15(2)29-21(30)6-5-19(26-29)17-7-10-24-23-18(17)13-20(25-23)16-8-11-28(12-9-16)14-22(31)27(3)4/h5-7,10,13,15-16H,8-9,11-12,14H2,1-4H3,(H,24,25). The van der Waals surface area contributed by atoms with Crippen LogP contribution in [0, 0.1) is 0 Å². The summed E-state index contributed by atoms with van der Waals surface area (Å²) in [4.78, 5) is 36.0. The number of fused-ring (bicyclic) bond motifs is 1. The van der Waals surface area contributed by atoms with E-state index in [1.54, 1.807) is 37.3 Å². The molecule has 1 amide bonds. The smallest absolute Gasteiger partial charge is 0.267 e. The highest BCUT2D eigenvalue weighted by molar-refractivity contribution is 5.92. The molecule has 164 valence electrons. The van der Waals surface area contributed by atoms with Gasteiger partial charge in [-0.1, -0.05) is 0 Å². The summed E-state index contributed by atoms with van der Waals surface area (Å²) in [6, 6.07) is 7.48. The molecule has 8 heteroatoms. The van der Waals surface area contributed by atoms with Gasteiger partial charge in [-0.15, -0.1) is 0 Å². The maximum absolute atomic E-state index is 12.1. The van der Waals surface area contributed by atoms with Crippen LogP contribution >= 0.6 is 0 Å². The molecule has 0 saturated carbocycles. The molecule has 3 aromatic rings. The van der Waals surface area contributed by atoms with Crippen molar-refractivity contribution in [1.82, 2.24) is 29.5 Å². The molecule has 1 saturated heterocycles. The number of pyridine rings is 1. The molecule has 4 heterocycles. The topological polar surface area (TPSA) is 87.1 Å². The monoisotopic (exact) mass is 422 g/mol. The Kier molecular flexibility index (Phi) is 5.91. The number of carbonyl (C=O) groups is 1. The van der Waals surface area contributed by atoms with Gasteiger partial charge in [-0.05, 0) is 58.0 Å². The van der Waals surface area contributed by atoms with Gasteiger partial charge in [-0.3, -0.25) is 14.5 Å². The third-order valence-electron chi connectivity index (χ3n) is 6.03. The summed E-state index contributed by atoms with van der Waals surface area (Å²) in [6.45, 7) is 6.19. The Morgan fingerprint density at radius 1 is 1.23 bits per heavy atom. The lowest BCUT2D eigenvalue weighted by molar-refractivity contribution is -0.130. The average Bonchev–Trinajstić information content (AvgIpc) is 3.19. The van der Waals surface area contributed by atoms with Crippen molar-refractivity contribution in [2.45, 2.75) is 38.6 Å². The number of amides is 1. The number of hydrogen-bond acceptors (Lipinski definition) is 5. The third-order valence-corrected chi connectivity index (χ3v) is 6.03. The van der Waals surface area contributed by atoms with Crippen LogP contribution in [0.15, 0.2) is 35.3 Å². The van der Waals surface area contributed by atoms with Gasteiger partial charge in [0.15, 0.2) is 0 Å². The summed E-state index contributed by atoms with van der Waals surface area (Å²) in [6.07, 6.45) is 3.78. The molecule has 0 aromatic carbocycles. The zero-order valence-corrected chi connectivity index (χ0v) is 18.6. The SMILES string of the molecule is CC(C)n1nc(-c2ccnc3[nH]c(C4CCN(CC(=O)N(C)C)CC4)cc23)ccc1=O. The van der Waals surface area contributed by atoms with E-state index in [4.69, 9.17) is 0 Å². The lowest BCUT2D eigenvalue weighted by Crippen LogP contribution is -2.40. The third kappa shape index (κ3) is 4.39. The fourth-order valence-corrected chi connectivity index (χ4v) is 4.16. The molecule has 3 aromatic heterocycles. The number of H-pyrrole nitrogens is 1. The quantitative estimate of drug-likeness (QED) is 0.683. The summed E-state index contributed by atoms with van der Waals surface area (Å²) >= 11 is 0. The maximum atomic E-state index is 12.1. The first kappa shape index (κ1) is 21.2. The van der Waals surface area contributed by atoms with Gasteiger partial charge in [0.25, 0.3) is 5.56 Å². The fourth-order valence-electron chi connectivity index (χ4n) is 4.16. The maximum Gasteiger partial charge on any atom is 0.267 e. The fraction of sp³-hybridized carbons (Fsp3) is 0.478. The lowest BCUT2D eigenvalue weighted by Gasteiger charge is -2.31. The summed E-state index contributed by atoms with van der Waals surface area (Å²) in [5, 5.41) is 5.60. The second-order valence-electron chi connectivity index (χ2n) is 8.78. The van der Waals surface area contributed by atoms with Crippen LogP contribution < -0.4 is 5.56 Å². The minimum Gasteiger partial charge on any atom is -0.348 e. The molecule has 1 fully saturated rings. The molecule has 31 heavy (non-hydrogen) atoms. The first-order valence-electron chi connectivity index (χ1n) is 10.8. The second kappa shape index (κ2) is 8.63. The Balaban J connectivity index is 1.57. The number of nitrogens with one attached hydrogen (secondary N) is 1. The van der Waals surface area contributed by atoms with Crippen LogP contribution in [-0.2, 0) is 4.79 Å². The van der Waals surface area contributed by atoms with Crippen molar-refractivity contribution in [3.8, 4) is 11.3 Å². The molecule has 0 radical (unpaired) electrons. The van der Waals surface area contributed by atoms with Crippen molar-refractivity contribution in [2.24, 2.45) is 0 Å². The van der Waals surface area contributed by atoms with Crippen molar-refractivity contribution in [1.29, 1.82) is 0 Å². The number of piperidine rings is 1. The van der Waals surface area contributed by atoms with Gasteiger partial charge >= 0.3 is 0 Å². The number of hydrogen-bond donors (Lipinski definition) is 1. The number of rotatable bonds is 5. The van der Waals surface area contributed by atoms with Crippen molar-refractivity contribution < 1.29 is 4.79 Å². The molecule has 1 aliphatic heterocycles. The van der Waals surface area contributed by atoms with Crippen LogP contribution in [0.5, 0.6) is 0 Å². The van der Waals surface area contributed by atoms with Gasteiger partial charge in [0.05, 0.1) is 18.3 Å². The molecular weight excluding hydrogens is 392 g/mol. The average molecular weight is 423 g/mol. The molecule has 4 rings (SSSR count). The van der Waals surface area contributed by atoms with Gasteiger partial charge in [-0.25, -0.2) is 9.67 Å². The van der Waals surface area contributed by atoms with E-state index >= 15 is 0 Å². The van der Waals surface area contributed by atoms with Crippen molar-refractivity contribution in [2.75, 3.05) is 33.7 Å². The number of aromatic nitrogens is 4. The van der Waals surface area contributed by atoms with Crippen LogP contribution in [0.25, 0.3) is 22.3 Å². The highest BCUT2D eigenvalue weighted by Crippen LogP contribution is 2.33. The van der Waals surface area contributed by atoms with Gasteiger partial charge in [0.1, 0.15) is 5.65 Å². The Bertz CT molecular complexity index is 1140. The van der Waals surface area contributed by atoms with E-state index in [-0.39, 0.29) is 17.5 Å². The van der Waals surface area contributed by atoms with E-state index in [1.807, 2.05) is 19.9 Å². The Hall–Kier alpha value is -3.00. The largest absolute Gasteiger partial charge is 0.348 e. The minimum atomic E-state index is -0.0988. The van der Waals surface area contributed by atoms with E-state index in [9.17, 15) is 9.59 Å². The van der Waals surface area contributed by atoms with Crippen LogP contribution in [-0.4, -0.2) is 69.2 Å². The van der Waals surface area contributed by atoms with E-state index in [2.05, 4.69) is 26.0 Å². The van der Waals surface area contributed by atoms with Crippen molar-refractivity contribution in [3.05, 3.63) is 46.5 Å².